The highest BCUT2D eigenvalue weighted by Crippen LogP contribution is 2.35. The number of aromatic nitrogens is 1. The first-order valence-corrected chi connectivity index (χ1v) is 11.4. The normalized spacial score (nSPS) is 11.2. The number of nitrogens with zero attached hydrogens (tertiary/aromatic N) is 1. The van der Waals surface area contributed by atoms with Crippen LogP contribution in [0.2, 0.25) is 0 Å². The molecule has 0 saturated heterocycles. The van der Waals surface area contributed by atoms with Gasteiger partial charge in [-0.25, -0.2) is 4.79 Å². The zero-order valence-corrected chi connectivity index (χ0v) is 19.1. The Balaban J connectivity index is 1.38. The summed E-state index contributed by atoms with van der Waals surface area (Å²) >= 11 is 0. The van der Waals surface area contributed by atoms with Gasteiger partial charge in [0.15, 0.2) is 5.58 Å². The van der Waals surface area contributed by atoms with Crippen LogP contribution in [0, 0.1) is 0 Å². The summed E-state index contributed by atoms with van der Waals surface area (Å²) in [6.45, 7) is 3.11. The minimum atomic E-state index is -0.981. The fraction of sp³-hybridized carbons (Fsp3) is 0.214. The highest BCUT2D eigenvalue weighted by Gasteiger charge is 2.17. The zero-order valence-electron chi connectivity index (χ0n) is 19.1. The maximum absolute atomic E-state index is 10.7. The minimum absolute atomic E-state index is 0.484. The molecule has 0 aliphatic carbocycles. The second-order valence-corrected chi connectivity index (χ2v) is 7.86. The number of hydrogen-bond donors (Lipinski definition) is 1. The molecule has 174 valence electrons. The average Bonchev–Trinajstić information content (AvgIpc) is 3.29. The van der Waals surface area contributed by atoms with Crippen LogP contribution in [0.25, 0.3) is 28.3 Å². The molecule has 4 rings (SSSR count). The molecule has 0 atom stereocenters. The van der Waals surface area contributed by atoms with Gasteiger partial charge in [0.25, 0.3) is 0 Å². The first-order chi connectivity index (χ1) is 16.7. The predicted octanol–water partition coefficient (Wildman–Crippen LogP) is 6.39. The zero-order chi connectivity index (χ0) is 23.8. The molecular formula is C28H27NO5. The van der Waals surface area contributed by atoms with Gasteiger partial charge in [-0.3, -0.25) is 0 Å². The Morgan fingerprint density at radius 1 is 1.03 bits per heavy atom. The molecule has 0 unspecified atom stereocenters. The Labute approximate surface area is 198 Å². The summed E-state index contributed by atoms with van der Waals surface area (Å²) in [7, 11) is 0. The lowest BCUT2D eigenvalue weighted by Crippen LogP contribution is -2.06. The number of carboxylic acid groups (broad SMARTS) is 1. The summed E-state index contributed by atoms with van der Waals surface area (Å²) in [6, 6.07) is 21.3. The Hall–Kier alpha value is -4.06. The van der Waals surface area contributed by atoms with Crippen LogP contribution < -0.4 is 9.47 Å². The van der Waals surface area contributed by atoms with E-state index < -0.39 is 5.97 Å². The molecule has 0 bridgehead atoms. The molecule has 0 aliphatic rings. The first-order valence-electron chi connectivity index (χ1n) is 11.4. The third-order valence-electron chi connectivity index (χ3n) is 5.34. The van der Waals surface area contributed by atoms with Crippen LogP contribution in [-0.2, 0) is 11.2 Å². The van der Waals surface area contributed by atoms with Crippen molar-refractivity contribution >= 4 is 23.0 Å². The van der Waals surface area contributed by atoms with Gasteiger partial charge in [0.2, 0.25) is 0 Å². The van der Waals surface area contributed by atoms with Crippen LogP contribution in [0.4, 0.5) is 0 Å². The Bertz CT molecular complexity index is 1280. The van der Waals surface area contributed by atoms with E-state index in [1.165, 1.54) is 6.08 Å². The number of aryl methyl sites for hydroxylation is 1. The van der Waals surface area contributed by atoms with Crippen molar-refractivity contribution in [2.45, 2.75) is 26.2 Å². The minimum Gasteiger partial charge on any atom is -0.493 e. The number of carboxylic acids is 1. The quantitative estimate of drug-likeness (QED) is 0.207. The molecule has 0 amide bonds. The second-order valence-electron chi connectivity index (χ2n) is 7.86. The van der Waals surface area contributed by atoms with Crippen molar-refractivity contribution in [2.24, 2.45) is 0 Å². The van der Waals surface area contributed by atoms with Gasteiger partial charge in [0, 0.05) is 23.6 Å². The first kappa shape index (κ1) is 23.1. The molecule has 1 heterocycles. The fourth-order valence-electron chi connectivity index (χ4n) is 3.77. The highest BCUT2D eigenvalue weighted by atomic mass is 16.5. The summed E-state index contributed by atoms with van der Waals surface area (Å²) in [5, 5.41) is 14.1. The molecule has 6 heteroatoms. The number of carbonyl (C=O) groups is 1. The lowest BCUT2D eigenvalue weighted by Gasteiger charge is -2.12. The molecule has 4 aromatic rings. The number of hydrogen-bond acceptors (Lipinski definition) is 5. The van der Waals surface area contributed by atoms with Gasteiger partial charge in [0.05, 0.1) is 18.6 Å². The number of benzene rings is 3. The molecule has 0 aliphatic heterocycles. The van der Waals surface area contributed by atoms with E-state index in [0.717, 1.165) is 58.0 Å². The van der Waals surface area contributed by atoms with Crippen LogP contribution in [0.15, 0.2) is 77.3 Å². The van der Waals surface area contributed by atoms with E-state index in [2.05, 4.69) is 12.1 Å². The van der Waals surface area contributed by atoms with Crippen molar-refractivity contribution in [3.63, 3.8) is 0 Å². The third kappa shape index (κ3) is 5.64. The van der Waals surface area contributed by atoms with Gasteiger partial charge in [-0.15, -0.1) is 0 Å². The van der Waals surface area contributed by atoms with E-state index in [0.29, 0.717) is 25.4 Å². The molecular weight excluding hydrogens is 430 g/mol. The van der Waals surface area contributed by atoms with E-state index in [-0.39, 0.29) is 0 Å². The number of ether oxygens (including phenoxy) is 2. The van der Waals surface area contributed by atoms with Crippen molar-refractivity contribution in [1.82, 2.24) is 5.16 Å². The van der Waals surface area contributed by atoms with Crippen molar-refractivity contribution in [2.75, 3.05) is 13.2 Å². The summed E-state index contributed by atoms with van der Waals surface area (Å²) in [6.07, 6.45) is 5.14. The molecule has 0 saturated carbocycles. The number of rotatable bonds is 11. The van der Waals surface area contributed by atoms with Crippen LogP contribution in [-0.4, -0.2) is 29.4 Å². The van der Waals surface area contributed by atoms with E-state index in [9.17, 15) is 4.79 Å². The van der Waals surface area contributed by atoms with Gasteiger partial charge in [-0.2, -0.15) is 0 Å². The molecule has 1 N–H and O–H groups in total. The van der Waals surface area contributed by atoms with Crippen LogP contribution >= 0.6 is 0 Å². The summed E-state index contributed by atoms with van der Waals surface area (Å²) in [5.41, 5.74) is 4.45. The van der Waals surface area contributed by atoms with Gasteiger partial charge in [0.1, 0.15) is 17.2 Å². The fourth-order valence-corrected chi connectivity index (χ4v) is 3.77. The van der Waals surface area contributed by atoms with Crippen molar-refractivity contribution in [3.8, 4) is 22.8 Å². The summed E-state index contributed by atoms with van der Waals surface area (Å²) < 4.78 is 17.7. The summed E-state index contributed by atoms with van der Waals surface area (Å²) in [5.74, 6) is 0.521. The van der Waals surface area contributed by atoms with E-state index in [1.54, 1.807) is 0 Å². The molecule has 1 aromatic heterocycles. The van der Waals surface area contributed by atoms with Crippen molar-refractivity contribution in [3.05, 3.63) is 83.9 Å². The lowest BCUT2D eigenvalue weighted by molar-refractivity contribution is -0.131. The highest BCUT2D eigenvalue weighted by molar-refractivity contribution is 5.94. The smallest absolute Gasteiger partial charge is 0.328 e. The maximum Gasteiger partial charge on any atom is 0.328 e. The topological polar surface area (TPSA) is 81.8 Å². The Morgan fingerprint density at radius 3 is 2.65 bits per heavy atom. The third-order valence-corrected chi connectivity index (χ3v) is 5.34. The van der Waals surface area contributed by atoms with Gasteiger partial charge < -0.3 is 19.1 Å². The van der Waals surface area contributed by atoms with Gasteiger partial charge in [-0.05, 0) is 42.3 Å². The number of fused-ring (bicyclic) bond motifs is 1. The molecule has 3 aromatic carbocycles. The maximum atomic E-state index is 10.7. The van der Waals surface area contributed by atoms with E-state index >= 15 is 0 Å². The van der Waals surface area contributed by atoms with Crippen LogP contribution in [0.1, 0.15) is 30.9 Å². The van der Waals surface area contributed by atoms with Crippen LogP contribution in [0.5, 0.6) is 11.5 Å². The SMILES string of the molecule is CCCc1c(OCCCOc2cccc(C=CC(=O)O)c2)ccc2c(-c3ccccc3)noc12. The Kier molecular flexibility index (Phi) is 7.60. The predicted molar refractivity (Wildman–Crippen MR) is 132 cm³/mol. The Morgan fingerprint density at radius 2 is 1.85 bits per heavy atom. The molecule has 6 nitrogen and oxygen atoms in total. The molecule has 34 heavy (non-hydrogen) atoms. The van der Waals surface area contributed by atoms with E-state index in [4.69, 9.17) is 19.1 Å². The monoisotopic (exact) mass is 457 g/mol. The van der Waals surface area contributed by atoms with Crippen molar-refractivity contribution < 1.29 is 23.9 Å². The summed E-state index contributed by atoms with van der Waals surface area (Å²) in [4.78, 5) is 10.7. The number of aliphatic carboxylic acids is 1. The average molecular weight is 458 g/mol. The standard InChI is InChI=1S/C28H27NO5/c1-2-8-23-25(15-14-24-27(29-34-28(23)24)21-10-4-3-5-11-21)33-18-7-17-32-22-12-6-9-20(19-22)13-16-26(30)31/h3-6,9-16,19H,2,7-8,17-18H2,1H3,(H,30,31). The van der Waals surface area contributed by atoms with Gasteiger partial charge in [-0.1, -0.05) is 61.0 Å². The lowest BCUT2D eigenvalue weighted by atomic mass is 10.0. The molecule has 0 spiro atoms. The van der Waals surface area contributed by atoms with Gasteiger partial charge >= 0.3 is 5.97 Å². The van der Waals surface area contributed by atoms with Crippen molar-refractivity contribution in [1.29, 1.82) is 0 Å². The molecule has 0 radical (unpaired) electrons. The largest absolute Gasteiger partial charge is 0.493 e. The van der Waals surface area contributed by atoms with Crippen LogP contribution in [0.3, 0.4) is 0 Å². The van der Waals surface area contributed by atoms with E-state index in [1.807, 2.05) is 66.7 Å². The molecule has 0 fully saturated rings. The second kappa shape index (κ2) is 11.2.